The van der Waals surface area contributed by atoms with Crippen molar-refractivity contribution in [3.05, 3.63) is 10.6 Å². The van der Waals surface area contributed by atoms with Gasteiger partial charge in [-0.05, 0) is 25.7 Å². The molecule has 0 radical (unpaired) electrons. The maximum atomic E-state index is 12.4. The lowest BCUT2D eigenvalue weighted by atomic mass is 9.79. The van der Waals surface area contributed by atoms with Crippen LogP contribution in [0, 0.1) is 23.2 Å². The third-order valence-corrected chi connectivity index (χ3v) is 8.25. The molecule has 28 heavy (non-hydrogen) atoms. The highest BCUT2D eigenvalue weighted by molar-refractivity contribution is 8.03. The number of nitrogens with zero attached hydrogens (tertiary/aromatic N) is 2. The largest absolute Gasteiger partial charge is 0.477 e. The summed E-state index contributed by atoms with van der Waals surface area (Å²) in [6.07, 6.45) is 2.67. The van der Waals surface area contributed by atoms with Gasteiger partial charge in [0.25, 0.3) is 0 Å². The Kier molecular flexibility index (Phi) is 5.18. The van der Waals surface area contributed by atoms with Gasteiger partial charge in [0, 0.05) is 41.7 Å². The molecule has 0 aliphatic carbocycles. The number of aliphatic hydroxyl groups excluding tert-OH is 1. The van der Waals surface area contributed by atoms with Crippen LogP contribution >= 0.6 is 11.8 Å². The van der Waals surface area contributed by atoms with Crippen molar-refractivity contribution < 1.29 is 19.8 Å². The van der Waals surface area contributed by atoms with Crippen LogP contribution in [0.1, 0.15) is 26.7 Å². The Balaban J connectivity index is 1.46. The van der Waals surface area contributed by atoms with E-state index in [-0.39, 0.29) is 28.8 Å². The van der Waals surface area contributed by atoms with Gasteiger partial charge in [-0.2, -0.15) is 0 Å². The van der Waals surface area contributed by atoms with E-state index in [0.717, 1.165) is 37.4 Å². The fraction of sp³-hybridized carbons (Fsp3) is 0.737. The predicted molar refractivity (Wildman–Crippen MR) is 106 cm³/mol. The lowest BCUT2D eigenvalue weighted by Crippen LogP contribution is -2.63. The van der Waals surface area contributed by atoms with Gasteiger partial charge in [0.05, 0.1) is 24.4 Å². The number of rotatable bonds is 6. The van der Waals surface area contributed by atoms with Crippen molar-refractivity contribution in [1.29, 1.82) is 5.41 Å². The van der Waals surface area contributed by atoms with Gasteiger partial charge in [0.15, 0.2) is 0 Å². The normalized spacial score (nSPS) is 38.6. The van der Waals surface area contributed by atoms with E-state index in [9.17, 15) is 19.8 Å². The number of amides is 1. The van der Waals surface area contributed by atoms with Gasteiger partial charge >= 0.3 is 5.97 Å². The van der Waals surface area contributed by atoms with Crippen molar-refractivity contribution in [3.8, 4) is 0 Å². The fourth-order valence-electron chi connectivity index (χ4n) is 5.30. The Hall–Kier alpha value is -1.58. The molecule has 4 aliphatic heterocycles. The molecule has 4 aliphatic rings. The van der Waals surface area contributed by atoms with Crippen molar-refractivity contribution in [2.75, 3.05) is 19.6 Å². The van der Waals surface area contributed by atoms with Gasteiger partial charge in [0.2, 0.25) is 5.91 Å². The first-order chi connectivity index (χ1) is 13.3. The molecule has 0 bridgehead atoms. The number of carbonyl (C=O) groups is 2. The third-order valence-electron chi connectivity index (χ3n) is 6.74. The molecular formula is C19H28N4O4S. The number of aliphatic hydroxyl groups is 1. The van der Waals surface area contributed by atoms with E-state index >= 15 is 0 Å². The molecule has 0 spiro atoms. The van der Waals surface area contributed by atoms with E-state index in [1.54, 1.807) is 18.7 Å². The molecule has 3 fully saturated rings. The molecule has 9 heteroatoms. The van der Waals surface area contributed by atoms with Crippen LogP contribution in [-0.2, 0) is 9.59 Å². The van der Waals surface area contributed by atoms with E-state index in [1.807, 2.05) is 11.8 Å². The molecular weight excluding hydrogens is 380 g/mol. The lowest BCUT2D eigenvalue weighted by Gasteiger charge is -2.46. The summed E-state index contributed by atoms with van der Waals surface area (Å²) in [5, 5.41) is 31.0. The summed E-state index contributed by atoms with van der Waals surface area (Å²) in [6.45, 7) is 6.21. The van der Waals surface area contributed by atoms with Crippen LogP contribution < -0.4 is 5.32 Å². The monoisotopic (exact) mass is 408 g/mol. The summed E-state index contributed by atoms with van der Waals surface area (Å²) in [7, 11) is 0. The summed E-state index contributed by atoms with van der Waals surface area (Å²) in [5.41, 5.74) is 0.115. The quantitative estimate of drug-likeness (QED) is 0.288. The first-order valence-corrected chi connectivity index (χ1v) is 10.8. The van der Waals surface area contributed by atoms with Gasteiger partial charge in [-0.3, -0.25) is 10.2 Å². The van der Waals surface area contributed by atoms with Crippen LogP contribution in [-0.4, -0.2) is 81.3 Å². The zero-order valence-electron chi connectivity index (χ0n) is 16.2. The molecule has 0 aromatic heterocycles. The van der Waals surface area contributed by atoms with Gasteiger partial charge < -0.3 is 25.3 Å². The van der Waals surface area contributed by atoms with Crippen molar-refractivity contribution in [2.24, 2.45) is 17.8 Å². The molecule has 4 heterocycles. The Morgan fingerprint density at radius 2 is 2.21 bits per heavy atom. The number of β-lactam (4-membered cyclic amide) rings is 1. The average molecular weight is 409 g/mol. The molecule has 1 amide bonds. The highest BCUT2D eigenvalue weighted by Crippen LogP contribution is 2.52. The van der Waals surface area contributed by atoms with Crippen LogP contribution in [0.25, 0.3) is 0 Å². The van der Waals surface area contributed by atoms with Crippen molar-refractivity contribution in [3.63, 3.8) is 0 Å². The van der Waals surface area contributed by atoms with E-state index in [2.05, 4.69) is 5.32 Å². The molecule has 0 aromatic rings. The highest BCUT2D eigenvalue weighted by Gasteiger charge is 2.60. The van der Waals surface area contributed by atoms with Crippen molar-refractivity contribution in [2.45, 2.75) is 50.1 Å². The van der Waals surface area contributed by atoms with Crippen LogP contribution in [0.3, 0.4) is 0 Å². The molecule has 0 saturated carbocycles. The molecule has 8 nitrogen and oxygen atoms in total. The second kappa shape index (κ2) is 7.35. The van der Waals surface area contributed by atoms with Crippen LogP contribution in [0.5, 0.6) is 0 Å². The standard InChI is InChI=1S/C19H28N4O4S/c1-9-15-14(10(2)24)18(25)23(15)16(19(26)27)17(9)28-12-5-13(21-6-12)11-3-4-22(7-11)8-20/h8-15,20-21,24H,3-7H2,1-2H3,(H,26,27)/t9-,10-,11?,12+,13+,14-,15-/m1/s1. The molecule has 4 rings (SSSR count). The minimum Gasteiger partial charge on any atom is -0.477 e. The van der Waals surface area contributed by atoms with Crippen LogP contribution in [0.2, 0.25) is 0 Å². The first kappa shape index (κ1) is 19.7. The number of nitrogens with one attached hydrogen (secondary N) is 2. The summed E-state index contributed by atoms with van der Waals surface area (Å²) in [6, 6.07) is 0.138. The van der Waals surface area contributed by atoms with Crippen molar-refractivity contribution >= 4 is 30.0 Å². The minimum atomic E-state index is -1.06. The smallest absolute Gasteiger partial charge is 0.353 e. The number of likely N-dealkylation sites (tertiary alicyclic amines) is 1. The molecule has 4 N–H and O–H groups in total. The molecule has 0 aromatic carbocycles. The second-order valence-electron chi connectivity index (χ2n) is 8.43. The summed E-state index contributed by atoms with van der Waals surface area (Å²) in [5.74, 6) is -1.41. The molecule has 154 valence electrons. The number of carboxylic acids is 1. The van der Waals surface area contributed by atoms with Crippen LogP contribution in [0.4, 0.5) is 0 Å². The number of hydrogen-bond acceptors (Lipinski definition) is 6. The van der Waals surface area contributed by atoms with Crippen LogP contribution in [0.15, 0.2) is 10.6 Å². The number of aliphatic carboxylic acids is 1. The number of carboxylic acid groups (broad SMARTS) is 1. The zero-order chi connectivity index (χ0) is 20.2. The van der Waals surface area contributed by atoms with Gasteiger partial charge in [0.1, 0.15) is 5.70 Å². The predicted octanol–water partition coefficient (Wildman–Crippen LogP) is 0.533. The number of thioether (sulfide) groups is 1. The van der Waals surface area contributed by atoms with Gasteiger partial charge in [-0.15, -0.1) is 11.8 Å². The maximum Gasteiger partial charge on any atom is 0.353 e. The summed E-state index contributed by atoms with van der Waals surface area (Å²) >= 11 is 1.59. The third kappa shape index (κ3) is 3.04. The Morgan fingerprint density at radius 3 is 2.82 bits per heavy atom. The Labute approximate surface area is 168 Å². The summed E-state index contributed by atoms with van der Waals surface area (Å²) in [4.78, 5) is 28.6. The maximum absolute atomic E-state index is 12.4. The topological polar surface area (TPSA) is 117 Å². The molecule has 1 unspecified atom stereocenters. The Bertz CT molecular complexity index is 727. The number of fused-ring (bicyclic) bond motifs is 1. The lowest BCUT2D eigenvalue weighted by molar-refractivity contribution is -0.163. The SMILES string of the molecule is C[C@@H](O)[C@H]1C(=O)N2C(C(=O)O)=C(S[C@@H]3CN[C@H](C4CCN(C=N)C4)C3)[C@H](C)[C@H]12. The van der Waals surface area contributed by atoms with E-state index in [0.29, 0.717) is 12.0 Å². The second-order valence-corrected chi connectivity index (χ2v) is 9.78. The zero-order valence-corrected chi connectivity index (χ0v) is 17.0. The van der Waals surface area contributed by atoms with E-state index < -0.39 is 18.0 Å². The molecule has 3 saturated heterocycles. The van der Waals surface area contributed by atoms with Gasteiger partial charge in [-0.1, -0.05) is 6.92 Å². The highest BCUT2D eigenvalue weighted by atomic mass is 32.2. The van der Waals surface area contributed by atoms with E-state index in [1.165, 1.54) is 11.2 Å². The fourth-order valence-corrected chi connectivity index (χ4v) is 6.79. The average Bonchev–Trinajstić information content (AvgIpc) is 3.33. The summed E-state index contributed by atoms with van der Waals surface area (Å²) < 4.78 is 0. The Morgan fingerprint density at radius 1 is 1.46 bits per heavy atom. The minimum absolute atomic E-state index is 0.0765. The van der Waals surface area contributed by atoms with E-state index in [4.69, 9.17) is 5.41 Å². The molecule has 7 atom stereocenters. The number of hydrogen-bond donors (Lipinski definition) is 4. The van der Waals surface area contributed by atoms with Gasteiger partial charge in [-0.25, -0.2) is 4.79 Å². The van der Waals surface area contributed by atoms with Crippen molar-refractivity contribution in [1.82, 2.24) is 15.1 Å². The first-order valence-electron chi connectivity index (χ1n) is 9.96. The number of carbonyl (C=O) groups excluding carboxylic acids is 1.